The molecular formula is C7H15NO5. The maximum absolute atomic E-state index is 11.2. The number of hydroxylamine groups is 2. The lowest BCUT2D eigenvalue weighted by atomic mass is 10.0. The zero-order chi connectivity index (χ0) is 10.5. The van der Waals surface area contributed by atoms with E-state index in [0.717, 1.165) is 0 Å². The van der Waals surface area contributed by atoms with Crippen molar-refractivity contribution >= 4 is 5.97 Å². The second kappa shape index (κ2) is 5.13. The van der Waals surface area contributed by atoms with Crippen LogP contribution in [0.5, 0.6) is 0 Å². The van der Waals surface area contributed by atoms with Crippen LogP contribution in [0.3, 0.4) is 0 Å². The molecule has 0 heterocycles. The summed E-state index contributed by atoms with van der Waals surface area (Å²) in [6.45, 7) is 2.50. The van der Waals surface area contributed by atoms with E-state index in [1.54, 1.807) is 6.92 Å². The fourth-order valence-corrected chi connectivity index (χ4v) is 0.661. The van der Waals surface area contributed by atoms with E-state index in [4.69, 9.17) is 15.5 Å². The van der Waals surface area contributed by atoms with Gasteiger partial charge in [-0.25, -0.2) is 4.79 Å². The predicted molar refractivity (Wildman–Crippen MR) is 42.2 cm³/mol. The number of carbonyl (C=O) groups is 1. The summed E-state index contributed by atoms with van der Waals surface area (Å²) < 4.78 is 4.56. The maximum Gasteiger partial charge on any atom is 0.331 e. The standard InChI is InChI=1S/C7H15NO5/c1-3-7(2,8(11)12)6(10)13-5-4-9/h9,11-12H,3-5H2,1-2H3. The number of hydrogen-bond acceptors (Lipinski definition) is 6. The molecular weight excluding hydrogens is 178 g/mol. The quantitative estimate of drug-likeness (QED) is 0.413. The molecule has 0 aliphatic rings. The molecule has 0 bridgehead atoms. The summed E-state index contributed by atoms with van der Waals surface area (Å²) in [6, 6.07) is 0. The van der Waals surface area contributed by atoms with Crippen LogP contribution in [0.25, 0.3) is 0 Å². The molecule has 6 heteroatoms. The van der Waals surface area contributed by atoms with E-state index in [0.29, 0.717) is 0 Å². The van der Waals surface area contributed by atoms with Crippen LogP contribution < -0.4 is 0 Å². The lowest BCUT2D eigenvalue weighted by Gasteiger charge is -2.28. The van der Waals surface area contributed by atoms with Crippen LogP contribution in [0, 0.1) is 0 Å². The number of hydrogen-bond donors (Lipinski definition) is 3. The lowest BCUT2D eigenvalue weighted by molar-refractivity contribution is -0.354. The zero-order valence-corrected chi connectivity index (χ0v) is 7.73. The minimum Gasteiger partial charge on any atom is -0.462 e. The highest BCUT2D eigenvalue weighted by Gasteiger charge is 2.39. The Hall–Kier alpha value is -0.690. The molecule has 1 atom stereocenters. The molecule has 0 aromatic heterocycles. The average Bonchev–Trinajstić information content (AvgIpc) is 2.12. The van der Waals surface area contributed by atoms with Crippen LogP contribution in [0.1, 0.15) is 20.3 Å². The fourth-order valence-electron chi connectivity index (χ4n) is 0.661. The van der Waals surface area contributed by atoms with Gasteiger partial charge < -0.3 is 9.84 Å². The molecule has 6 nitrogen and oxygen atoms in total. The van der Waals surface area contributed by atoms with Gasteiger partial charge in [0.15, 0.2) is 5.54 Å². The Bertz CT molecular complexity index is 172. The van der Waals surface area contributed by atoms with E-state index in [1.165, 1.54) is 6.92 Å². The lowest BCUT2D eigenvalue weighted by Crippen LogP contribution is -2.49. The topological polar surface area (TPSA) is 90.2 Å². The molecule has 0 spiro atoms. The van der Waals surface area contributed by atoms with Crippen molar-refractivity contribution in [3.63, 3.8) is 0 Å². The summed E-state index contributed by atoms with van der Waals surface area (Å²) in [4.78, 5) is 11.2. The van der Waals surface area contributed by atoms with Crippen molar-refractivity contribution in [2.24, 2.45) is 0 Å². The molecule has 0 amide bonds. The molecule has 0 saturated heterocycles. The summed E-state index contributed by atoms with van der Waals surface area (Å²) in [5.74, 6) is -0.783. The van der Waals surface area contributed by atoms with Crippen LogP contribution in [-0.4, -0.2) is 45.5 Å². The first kappa shape index (κ1) is 12.3. The molecule has 13 heavy (non-hydrogen) atoms. The van der Waals surface area contributed by atoms with Gasteiger partial charge in [0.1, 0.15) is 6.61 Å². The summed E-state index contributed by atoms with van der Waals surface area (Å²) in [7, 11) is 0. The van der Waals surface area contributed by atoms with Crippen LogP contribution in [0.2, 0.25) is 0 Å². The number of aliphatic hydroxyl groups is 1. The van der Waals surface area contributed by atoms with Crippen molar-refractivity contribution in [3.05, 3.63) is 0 Å². The van der Waals surface area contributed by atoms with Crippen molar-refractivity contribution in [1.82, 2.24) is 5.23 Å². The molecule has 0 saturated carbocycles. The molecule has 3 N–H and O–H groups in total. The van der Waals surface area contributed by atoms with Crippen molar-refractivity contribution < 1.29 is 25.1 Å². The van der Waals surface area contributed by atoms with E-state index in [-0.39, 0.29) is 24.9 Å². The smallest absolute Gasteiger partial charge is 0.331 e. The van der Waals surface area contributed by atoms with Gasteiger partial charge in [-0.15, -0.1) is 0 Å². The molecule has 0 fully saturated rings. The van der Waals surface area contributed by atoms with Crippen molar-refractivity contribution in [1.29, 1.82) is 0 Å². The minimum atomic E-state index is -1.48. The van der Waals surface area contributed by atoms with Gasteiger partial charge in [0.2, 0.25) is 0 Å². The first-order chi connectivity index (χ1) is 5.99. The largest absolute Gasteiger partial charge is 0.462 e. The third-order valence-electron chi connectivity index (χ3n) is 1.89. The molecule has 0 rings (SSSR count). The third kappa shape index (κ3) is 2.92. The molecule has 1 unspecified atom stereocenters. The van der Waals surface area contributed by atoms with E-state index < -0.39 is 11.5 Å². The SMILES string of the molecule is CCC(C)(C(=O)OCCO)N(O)O. The maximum atomic E-state index is 11.2. The molecule has 0 radical (unpaired) electrons. The third-order valence-corrected chi connectivity index (χ3v) is 1.89. The van der Waals surface area contributed by atoms with Gasteiger partial charge >= 0.3 is 5.97 Å². The number of rotatable bonds is 5. The monoisotopic (exact) mass is 193 g/mol. The van der Waals surface area contributed by atoms with Gasteiger partial charge in [-0.3, -0.25) is 10.4 Å². The predicted octanol–water partition coefficient (Wildman–Crippen LogP) is -0.229. The fraction of sp³-hybridized carbons (Fsp3) is 0.857. The van der Waals surface area contributed by atoms with Crippen molar-refractivity contribution in [2.45, 2.75) is 25.8 Å². The van der Waals surface area contributed by atoms with Gasteiger partial charge in [-0.05, 0) is 13.3 Å². The Morgan fingerprint density at radius 1 is 1.54 bits per heavy atom. The van der Waals surface area contributed by atoms with Gasteiger partial charge in [-0.1, -0.05) is 12.2 Å². The highest BCUT2D eigenvalue weighted by Crippen LogP contribution is 2.17. The van der Waals surface area contributed by atoms with Gasteiger partial charge in [0, 0.05) is 0 Å². The van der Waals surface area contributed by atoms with E-state index >= 15 is 0 Å². The number of carbonyl (C=O) groups excluding carboxylic acids is 1. The van der Waals surface area contributed by atoms with Crippen molar-refractivity contribution in [2.75, 3.05) is 13.2 Å². The second-order valence-corrected chi connectivity index (χ2v) is 2.78. The van der Waals surface area contributed by atoms with Crippen LogP contribution in [0.4, 0.5) is 0 Å². The number of nitrogens with zero attached hydrogens (tertiary/aromatic N) is 1. The van der Waals surface area contributed by atoms with E-state index in [9.17, 15) is 4.79 Å². The normalized spacial score (nSPS) is 15.5. The zero-order valence-electron chi connectivity index (χ0n) is 7.73. The first-order valence-electron chi connectivity index (χ1n) is 3.95. The molecule has 0 aliphatic carbocycles. The van der Waals surface area contributed by atoms with Crippen LogP contribution in [-0.2, 0) is 9.53 Å². The first-order valence-corrected chi connectivity index (χ1v) is 3.95. The van der Waals surface area contributed by atoms with Crippen LogP contribution >= 0.6 is 0 Å². The van der Waals surface area contributed by atoms with Gasteiger partial charge in [0.25, 0.3) is 0 Å². The molecule has 0 aromatic carbocycles. The van der Waals surface area contributed by atoms with Gasteiger partial charge in [0.05, 0.1) is 6.61 Å². The Kier molecular flexibility index (Phi) is 4.86. The second-order valence-electron chi connectivity index (χ2n) is 2.78. The summed E-state index contributed by atoms with van der Waals surface area (Å²) in [5, 5.41) is 25.7. The number of esters is 1. The van der Waals surface area contributed by atoms with Crippen LogP contribution in [0.15, 0.2) is 0 Å². The van der Waals surface area contributed by atoms with E-state index in [1.807, 2.05) is 0 Å². The Morgan fingerprint density at radius 2 is 2.08 bits per heavy atom. The minimum absolute atomic E-state index is 0.151. The Balaban J connectivity index is 4.30. The molecule has 0 aliphatic heterocycles. The highest BCUT2D eigenvalue weighted by molar-refractivity contribution is 5.79. The highest BCUT2D eigenvalue weighted by atomic mass is 16.8. The van der Waals surface area contributed by atoms with Crippen molar-refractivity contribution in [3.8, 4) is 0 Å². The van der Waals surface area contributed by atoms with Gasteiger partial charge in [-0.2, -0.15) is 0 Å². The average molecular weight is 193 g/mol. The Morgan fingerprint density at radius 3 is 2.38 bits per heavy atom. The molecule has 0 aromatic rings. The summed E-state index contributed by atoms with van der Waals surface area (Å²) in [5.41, 5.74) is -1.48. The number of ether oxygens (including phenoxy) is 1. The van der Waals surface area contributed by atoms with E-state index in [2.05, 4.69) is 4.74 Å². The molecule has 78 valence electrons. The summed E-state index contributed by atoms with van der Waals surface area (Å²) >= 11 is 0. The Labute approximate surface area is 76.3 Å². The summed E-state index contributed by atoms with van der Waals surface area (Å²) in [6.07, 6.45) is 0.185. The number of aliphatic hydroxyl groups excluding tert-OH is 1.